The highest BCUT2D eigenvalue weighted by Gasteiger charge is 2.33. The van der Waals surface area contributed by atoms with Crippen molar-refractivity contribution in [2.45, 2.75) is 51.7 Å². The smallest absolute Gasteiger partial charge is 0.321 e. The Morgan fingerprint density at radius 3 is 3.00 bits per heavy atom. The van der Waals surface area contributed by atoms with E-state index in [2.05, 4.69) is 57.5 Å². The maximum Gasteiger partial charge on any atom is 0.321 e. The molecule has 8 nitrogen and oxygen atoms in total. The lowest BCUT2D eigenvalue weighted by atomic mass is 10.0. The molecule has 150 valence electrons. The van der Waals surface area contributed by atoms with Crippen molar-refractivity contribution < 1.29 is 4.79 Å². The van der Waals surface area contributed by atoms with Gasteiger partial charge in [0.25, 0.3) is 0 Å². The van der Waals surface area contributed by atoms with Gasteiger partial charge in [0, 0.05) is 37.9 Å². The van der Waals surface area contributed by atoms with Crippen LogP contribution in [-0.2, 0) is 13.0 Å². The Bertz CT molecular complexity index is 638. The summed E-state index contributed by atoms with van der Waals surface area (Å²) in [6.45, 7) is 8.27. The van der Waals surface area contributed by atoms with Crippen LogP contribution in [0.3, 0.4) is 0 Å². The van der Waals surface area contributed by atoms with Crippen LogP contribution in [0.5, 0.6) is 0 Å². The lowest BCUT2D eigenvalue weighted by molar-refractivity contribution is 0.0260. The molecule has 1 saturated heterocycles. The van der Waals surface area contributed by atoms with Crippen molar-refractivity contribution in [3.63, 3.8) is 0 Å². The second-order valence-corrected chi connectivity index (χ2v) is 7.30. The predicted octanol–water partition coefficient (Wildman–Crippen LogP) is 0.316. The van der Waals surface area contributed by atoms with Gasteiger partial charge < -0.3 is 27.0 Å². The first-order valence-corrected chi connectivity index (χ1v) is 9.96. The van der Waals surface area contributed by atoms with Gasteiger partial charge in [0.1, 0.15) is 6.29 Å². The monoisotopic (exact) mass is 375 g/mol. The van der Waals surface area contributed by atoms with Crippen molar-refractivity contribution in [2.24, 2.45) is 5.73 Å². The molecule has 27 heavy (non-hydrogen) atoms. The van der Waals surface area contributed by atoms with Crippen LogP contribution in [0.1, 0.15) is 31.4 Å². The molecule has 7 N–H and O–H groups in total. The van der Waals surface area contributed by atoms with Crippen molar-refractivity contribution in [1.82, 2.24) is 26.2 Å². The van der Waals surface area contributed by atoms with Crippen LogP contribution in [0.25, 0.3) is 0 Å². The Labute approximate surface area is 161 Å². The molecule has 0 spiro atoms. The topological polar surface area (TPSA) is 106 Å². The number of fused-ring (bicyclic) bond motifs is 1. The average molecular weight is 376 g/mol. The van der Waals surface area contributed by atoms with Crippen LogP contribution in [0.15, 0.2) is 18.2 Å². The first kappa shape index (κ1) is 20.0. The quantitative estimate of drug-likeness (QED) is 0.428. The molecule has 2 amide bonds. The molecule has 1 fully saturated rings. The summed E-state index contributed by atoms with van der Waals surface area (Å²) in [5, 5.41) is 16.3. The molecule has 3 unspecified atom stereocenters. The van der Waals surface area contributed by atoms with Gasteiger partial charge in [-0.25, -0.2) is 4.79 Å². The molecular formula is C19H33N7O. The van der Waals surface area contributed by atoms with E-state index < -0.39 is 0 Å². The fraction of sp³-hybridized carbons (Fsp3) is 0.632. The zero-order valence-electron chi connectivity index (χ0n) is 16.3. The van der Waals surface area contributed by atoms with Crippen LogP contribution in [0.4, 0.5) is 10.5 Å². The van der Waals surface area contributed by atoms with Crippen LogP contribution in [-0.4, -0.2) is 55.6 Å². The highest BCUT2D eigenvalue weighted by molar-refractivity contribution is 5.89. The summed E-state index contributed by atoms with van der Waals surface area (Å²) in [6, 6.07) is 6.23. The average Bonchev–Trinajstić information content (AvgIpc) is 2.66. The standard InChI is InChI=1S/C19H33N7O/c1-3-26-17(22-9-7-20)10-13(2)23-18(26)25-19(27)24-16-5-4-14-6-8-21-12-15(14)11-16/h4-5,11,13,17-18,21-23H,3,6-10,12,20H2,1-2H3,(H2,24,25,27). The summed E-state index contributed by atoms with van der Waals surface area (Å²) < 4.78 is 0. The number of carbonyl (C=O) groups excluding carboxylic acids is 1. The molecular weight excluding hydrogens is 342 g/mol. The molecule has 2 aliphatic rings. The van der Waals surface area contributed by atoms with Gasteiger partial charge >= 0.3 is 6.03 Å². The van der Waals surface area contributed by atoms with Gasteiger partial charge in [0.15, 0.2) is 0 Å². The fourth-order valence-corrected chi connectivity index (χ4v) is 3.91. The fourth-order valence-electron chi connectivity index (χ4n) is 3.91. The number of nitrogens with one attached hydrogen (secondary N) is 5. The summed E-state index contributed by atoms with van der Waals surface area (Å²) in [5.74, 6) is 0. The summed E-state index contributed by atoms with van der Waals surface area (Å²) in [5.41, 5.74) is 9.06. The maximum absolute atomic E-state index is 12.6. The molecule has 2 heterocycles. The van der Waals surface area contributed by atoms with Crippen LogP contribution in [0, 0.1) is 0 Å². The highest BCUT2D eigenvalue weighted by atomic mass is 16.2. The largest absolute Gasteiger partial charge is 0.329 e. The van der Waals surface area contributed by atoms with Crippen molar-refractivity contribution >= 4 is 11.7 Å². The Morgan fingerprint density at radius 2 is 2.22 bits per heavy atom. The van der Waals surface area contributed by atoms with Crippen LogP contribution < -0.4 is 32.3 Å². The second-order valence-electron chi connectivity index (χ2n) is 7.30. The molecule has 3 rings (SSSR count). The first-order valence-electron chi connectivity index (χ1n) is 9.96. The van der Waals surface area contributed by atoms with E-state index in [4.69, 9.17) is 5.73 Å². The minimum absolute atomic E-state index is 0.190. The van der Waals surface area contributed by atoms with Gasteiger partial charge in [-0.15, -0.1) is 0 Å². The third kappa shape index (κ3) is 5.18. The minimum atomic E-state index is -0.228. The van der Waals surface area contributed by atoms with Gasteiger partial charge in [-0.3, -0.25) is 10.2 Å². The molecule has 1 aromatic carbocycles. The number of amides is 2. The molecule has 8 heteroatoms. The predicted molar refractivity (Wildman–Crippen MR) is 108 cm³/mol. The van der Waals surface area contributed by atoms with E-state index in [9.17, 15) is 4.79 Å². The number of urea groups is 1. The van der Waals surface area contributed by atoms with E-state index in [1.165, 1.54) is 11.1 Å². The number of carbonyl (C=O) groups is 1. The number of nitrogens with two attached hydrogens (primary N) is 1. The Hall–Kier alpha value is -1.71. The SMILES string of the molecule is CCN1C(NCCN)CC(C)NC1NC(=O)Nc1ccc2c(c1)CNCC2. The number of hydrogen-bond donors (Lipinski definition) is 6. The van der Waals surface area contributed by atoms with Crippen LogP contribution in [0.2, 0.25) is 0 Å². The van der Waals surface area contributed by atoms with E-state index in [1.54, 1.807) is 0 Å². The minimum Gasteiger partial charge on any atom is -0.329 e. The lowest BCUT2D eigenvalue weighted by Gasteiger charge is -2.45. The van der Waals surface area contributed by atoms with Gasteiger partial charge in [-0.1, -0.05) is 13.0 Å². The maximum atomic E-state index is 12.6. The number of hydrogen-bond acceptors (Lipinski definition) is 6. The number of rotatable bonds is 6. The van der Waals surface area contributed by atoms with Gasteiger partial charge in [0.05, 0.1) is 6.17 Å². The van der Waals surface area contributed by atoms with Crippen molar-refractivity contribution in [1.29, 1.82) is 0 Å². The van der Waals surface area contributed by atoms with Gasteiger partial charge in [-0.05, 0) is 49.6 Å². The summed E-state index contributed by atoms with van der Waals surface area (Å²) in [6.07, 6.45) is 1.96. The third-order valence-electron chi connectivity index (χ3n) is 5.26. The van der Waals surface area contributed by atoms with Gasteiger partial charge in [0.2, 0.25) is 0 Å². The highest BCUT2D eigenvalue weighted by Crippen LogP contribution is 2.19. The van der Waals surface area contributed by atoms with Crippen molar-refractivity contribution in [3.05, 3.63) is 29.3 Å². The number of nitrogens with zero attached hydrogens (tertiary/aromatic N) is 1. The molecule has 0 bridgehead atoms. The Balaban J connectivity index is 1.61. The molecule has 3 atom stereocenters. The number of anilines is 1. The lowest BCUT2D eigenvalue weighted by Crippen LogP contribution is -2.69. The first-order chi connectivity index (χ1) is 13.1. The summed E-state index contributed by atoms with van der Waals surface area (Å²) in [4.78, 5) is 14.8. The number of benzene rings is 1. The molecule has 0 aromatic heterocycles. The second kappa shape index (κ2) is 9.48. The third-order valence-corrected chi connectivity index (χ3v) is 5.26. The van der Waals surface area contributed by atoms with Crippen molar-refractivity contribution in [3.8, 4) is 0 Å². The molecule has 0 saturated carbocycles. The molecule has 0 radical (unpaired) electrons. The van der Waals surface area contributed by atoms with E-state index in [0.29, 0.717) is 12.6 Å². The van der Waals surface area contributed by atoms with Crippen LogP contribution >= 0.6 is 0 Å². The molecule has 0 aliphatic carbocycles. The Kier molecular flexibility index (Phi) is 7.03. The Morgan fingerprint density at radius 1 is 1.37 bits per heavy atom. The molecule has 1 aromatic rings. The summed E-state index contributed by atoms with van der Waals surface area (Å²) in [7, 11) is 0. The summed E-state index contributed by atoms with van der Waals surface area (Å²) >= 11 is 0. The van der Waals surface area contributed by atoms with Crippen molar-refractivity contribution in [2.75, 3.05) is 31.5 Å². The van der Waals surface area contributed by atoms with E-state index >= 15 is 0 Å². The van der Waals surface area contributed by atoms with Gasteiger partial charge in [-0.2, -0.15) is 0 Å². The van der Waals surface area contributed by atoms with E-state index in [0.717, 1.165) is 44.7 Å². The zero-order valence-corrected chi connectivity index (χ0v) is 16.3. The van der Waals surface area contributed by atoms with E-state index in [1.807, 2.05) is 6.07 Å². The zero-order chi connectivity index (χ0) is 19.2. The normalized spacial score (nSPS) is 25.7. The van der Waals surface area contributed by atoms with E-state index in [-0.39, 0.29) is 18.5 Å². The molecule has 2 aliphatic heterocycles.